The Kier molecular flexibility index (Phi) is 6.64. The van der Waals surface area contributed by atoms with Gasteiger partial charge in [-0.15, -0.1) is 0 Å². The van der Waals surface area contributed by atoms with Crippen LogP contribution in [0.2, 0.25) is 0 Å². The lowest BCUT2D eigenvalue weighted by Gasteiger charge is -2.27. The Hall–Kier alpha value is -0.940. The summed E-state index contributed by atoms with van der Waals surface area (Å²) in [5, 5.41) is 19.5. The van der Waals surface area contributed by atoms with Crippen LogP contribution in [0.5, 0.6) is 0 Å². The van der Waals surface area contributed by atoms with Crippen molar-refractivity contribution in [1.82, 2.24) is 9.80 Å². The number of rotatable bonds is 6. The van der Waals surface area contributed by atoms with E-state index in [0.29, 0.717) is 0 Å². The van der Waals surface area contributed by atoms with E-state index in [2.05, 4.69) is 16.7 Å². The lowest BCUT2D eigenvalue weighted by molar-refractivity contribution is 0.0887. The second kappa shape index (κ2) is 8.49. The third-order valence-corrected chi connectivity index (χ3v) is 4.32. The molecular weight excluding hydrogens is 264 g/mol. The van der Waals surface area contributed by atoms with E-state index in [1.165, 1.54) is 0 Å². The largest absolute Gasteiger partial charge is 0.395 e. The fourth-order valence-corrected chi connectivity index (χ4v) is 3.06. The highest BCUT2D eigenvalue weighted by Crippen LogP contribution is 2.22. The highest BCUT2D eigenvalue weighted by atomic mass is 16.3. The van der Waals surface area contributed by atoms with Crippen molar-refractivity contribution in [2.45, 2.75) is 19.4 Å². The predicted molar refractivity (Wildman–Crippen MR) is 85.1 cm³/mol. The summed E-state index contributed by atoms with van der Waals surface area (Å²) in [6.45, 7) is 8.22. The minimum absolute atomic E-state index is 0.219. The van der Waals surface area contributed by atoms with Crippen molar-refractivity contribution in [2.24, 2.45) is 5.92 Å². The predicted octanol–water partition coefficient (Wildman–Crippen LogP) is 1.36. The monoisotopic (exact) mass is 292 g/mol. The van der Waals surface area contributed by atoms with Crippen LogP contribution < -0.4 is 0 Å². The normalized spacial score (nSPS) is 20.9. The molecule has 0 radical (unpaired) electrons. The van der Waals surface area contributed by atoms with Crippen molar-refractivity contribution >= 4 is 0 Å². The van der Waals surface area contributed by atoms with Gasteiger partial charge >= 0.3 is 0 Å². The minimum atomic E-state index is -0.400. The fraction of sp³-hybridized carbons (Fsp3) is 0.647. The van der Waals surface area contributed by atoms with Gasteiger partial charge in [-0.3, -0.25) is 4.90 Å². The number of β-amino-alcohol motifs (C(OH)–C–C–N with tert-alkyl or cyclic N) is 1. The molecule has 1 saturated heterocycles. The van der Waals surface area contributed by atoms with Crippen molar-refractivity contribution in [3.63, 3.8) is 0 Å². The smallest absolute Gasteiger partial charge is 0.0827 e. The highest BCUT2D eigenvalue weighted by Gasteiger charge is 2.21. The molecule has 0 amide bonds. The standard InChI is InChI=1S/C17H28N2O2/c1-15(17(21)16-6-3-2-4-7-16)14-19-9-5-8-18(10-11-19)12-13-20/h2-4,6-7,15,17,20-21H,5,8-14H2,1H3. The van der Waals surface area contributed by atoms with Gasteiger partial charge in [-0.2, -0.15) is 0 Å². The van der Waals surface area contributed by atoms with Crippen LogP contribution in [0.4, 0.5) is 0 Å². The average molecular weight is 292 g/mol. The summed E-state index contributed by atoms with van der Waals surface area (Å²) in [6.07, 6.45) is 0.733. The molecule has 118 valence electrons. The molecule has 1 aliphatic heterocycles. The number of hydrogen-bond acceptors (Lipinski definition) is 4. The summed E-state index contributed by atoms with van der Waals surface area (Å²) in [4.78, 5) is 4.76. The Morgan fingerprint density at radius 2 is 1.71 bits per heavy atom. The minimum Gasteiger partial charge on any atom is -0.395 e. The van der Waals surface area contributed by atoms with Crippen LogP contribution in [0.3, 0.4) is 0 Å². The first-order valence-corrected chi connectivity index (χ1v) is 7.99. The average Bonchev–Trinajstić information content (AvgIpc) is 2.73. The van der Waals surface area contributed by atoms with E-state index in [4.69, 9.17) is 5.11 Å². The van der Waals surface area contributed by atoms with Crippen molar-refractivity contribution < 1.29 is 10.2 Å². The van der Waals surface area contributed by atoms with Crippen molar-refractivity contribution in [1.29, 1.82) is 0 Å². The molecule has 2 unspecified atom stereocenters. The maximum Gasteiger partial charge on any atom is 0.0827 e. The third-order valence-electron chi connectivity index (χ3n) is 4.32. The molecular formula is C17H28N2O2. The van der Waals surface area contributed by atoms with Crippen molar-refractivity contribution in [3.05, 3.63) is 35.9 Å². The lowest BCUT2D eigenvalue weighted by atomic mass is 9.97. The fourth-order valence-electron chi connectivity index (χ4n) is 3.06. The van der Waals surface area contributed by atoms with E-state index in [0.717, 1.165) is 51.3 Å². The number of aliphatic hydroxyl groups is 2. The van der Waals surface area contributed by atoms with Gasteiger partial charge in [0, 0.05) is 26.2 Å². The highest BCUT2D eigenvalue weighted by molar-refractivity contribution is 5.17. The quantitative estimate of drug-likeness (QED) is 0.831. The number of nitrogens with zero attached hydrogens (tertiary/aromatic N) is 2. The summed E-state index contributed by atoms with van der Waals surface area (Å²) in [6, 6.07) is 9.92. The molecule has 4 nitrogen and oxygen atoms in total. The molecule has 2 rings (SSSR count). The topological polar surface area (TPSA) is 46.9 Å². The van der Waals surface area contributed by atoms with E-state index < -0.39 is 6.10 Å². The summed E-state index contributed by atoms with van der Waals surface area (Å²) in [5.74, 6) is 0.219. The molecule has 1 aromatic rings. The van der Waals surface area contributed by atoms with Gasteiger partial charge in [0.2, 0.25) is 0 Å². The Morgan fingerprint density at radius 1 is 1.05 bits per heavy atom. The van der Waals surface area contributed by atoms with Crippen LogP contribution in [0.1, 0.15) is 25.0 Å². The number of aliphatic hydroxyl groups excluding tert-OH is 2. The molecule has 2 atom stereocenters. The molecule has 1 aliphatic rings. The van der Waals surface area contributed by atoms with Gasteiger partial charge in [-0.1, -0.05) is 37.3 Å². The summed E-state index contributed by atoms with van der Waals surface area (Å²) in [7, 11) is 0. The Balaban J connectivity index is 1.83. The SMILES string of the molecule is CC(CN1CCCN(CCO)CC1)C(O)c1ccccc1. The van der Waals surface area contributed by atoms with E-state index in [-0.39, 0.29) is 12.5 Å². The van der Waals surface area contributed by atoms with E-state index in [1.807, 2.05) is 30.3 Å². The second-order valence-electron chi connectivity index (χ2n) is 6.05. The molecule has 1 fully saturated rings. The first kappa shape index (κ1) is 16.4. The van der Waals surface area contributed by atoms with E-state index in [1.54, 1.807) is 0 Å². The van der Waals surface area contributed by atoms with Crippen molar-refractivity contribution in [3.8, 4) is 0 Å². The Bertz CT molecular complexity index is 399. The van der Waals surface area contributed by atoms with E-state index in [9.17, 15) is 5.11 Å². The van der Waals surface area contributed by atoms with Crippen LogP contribution in [-0.2, 0) is 0 Å². The van der Waals surface area contributed by atoms with E-state index >= 15 is 0 Å². The van der Waals surface area contributed by atoms with Gasteiger partial charge < -0.3 is 15.1 Å². The maximum absolute atomic E-state index is 10.5. The van der Waals surface area contributed by atoms with Gasteiger partial charge in [0.15, 0.2) is 0 Å². The zero-order chi connectivity index (χ0) is 15.1. The van der Waals surface area contributed by atoms with Crippen LogP contribution >= 0.6 is 0 Å². The van der Waals surface area contributed by atoms with Gasteiger partial charge in [-0.25, -0.2) is 0 Å². The lowest BCUT2D eigenvalue weighted by Crippen LogP contribution is -2.35. The summed E-state index contributed by atoms with van der Waals surface area (Å²) in [5.41, 5.74) is 1.00. The molecule has 1 aromatic carbocycles. The molecule has 0 aliphatic carbocycles. The third kappa shape index (κ3) is 5.08. The maximum atomic E-state index is 10.5. The van der Waals surface area contributed by atoms with Gasteiger partial charge in [0.1, 0.15) is 0 Å². The Labute approximate surface area is 128 Å². The zero-order valence-corrected chi connectivity index (χ0v) is 13.0. The van der Waals surface area contributed by atoms with Gasteiger partial charge in [0.05, 0.1) is 12.7 Å². The molecule has 0 saturated carbocycles. The number of benzene rings is 1. The second-order valence-corrected chi connectivity index (χ2v) is 6.05. The zero-order valence-electron chi connectivity index (χ0n) is 13.0. The van der Waals surface area contributed by atoms with Gasteiger partial charge in [0.25, 0.3) is 0 Å². The summed E-state index contributed by atoms with van der Waals surface area (Å²) < 4.78 is 0. The molecule has 0 aromatic heterocycles. The molecule has 0 bridgehead atoms. The molecule has 2 N–H and O–H groups in total. The molecule has 4 heteroatoms. The first-order chi connectivity index (χ1) is 10.2. The van der Waals surface area contributed by atoms with Crippen LogP contribution in [0, 0.1) is 5.92 Å². The Morgan fingerprint density at radius 3 is 2.43 bits per heavy atom. The van der Waals surface area contributed by atoms with Crippen LogP contribution in [-0.4, -0.2) is 65.9 Å². The molecule has 1 heterocycles. The summed E-state index contributed by atoms with van der Waals surface area (Å²) >= 11 is 0. The van der Waals surface area contributed by atoms with Crippen molar-refractivity contribution in [2.75, 3.05) is 45.9 Å². The number of hydrogen-bond donors (Lipinski definition) is 2. The molecule has 21 heavy (non-hydrogen) atoms. The molecule has 0 spiro atoms. The van der Waals surface area contributed by atoms with Crippen LogP contribution in [0.15, 0.2) is 30.3 Å². The first-order valence-electron chi connectivity index (χ1n) is 7.99. The van der Waals surface area contributed by atoms with Crippen LogP contribution in [0.25, 0.3) is 0 Å². The van der Waals surface area contributed by atoms with Gasteiger partial charge in [-0.05, 0) is 31.0 Å².